The zero-order valence-electron chi connectivity index (χ0n) is 20.6. The molecule has 0 saturated carbocycles. The maximum atomic E-state index is 12.2. The molecule has 0 spiro atoms. The number of alkyl halides is 3. The van der Waals surface area contributed by atoms with Gasteiger partial charge in [0.05, 0.1) is 17.9 Å². The van der Waals surface area contributed by atoms with Crippen LogP contribution in [-0.2, 0) is 29.2 Å². The van der Waals surface area contributed by atoms with E-state index in [0.717, 1.165) is 31.6 Å². The fourth-order valence-corrected chi connectivity index (χ4v) is 4.97. The van der Waals surface area contributed by atoms with Gasteiger partial charge >= 0.3 is 18.1 Å². The first-order chi connectivity index (χ1) is 17.2. The molecule has 16 heteroatoms. The monoisotopic (exact) mass is 560 g/mol. The summed E-state index contributed by atoms with van der Waals surface area (Å²) in [6.45, 7) is 3.64. The number of hydrogen-bond acceptors (Lipinski definition) is 8. The van der Waals surface area contributed by atoms with Crippen molar-refractivity contribution in [3.8, 4) is 0 Å². The lowest BCUT2D eigenvalue weighted by molar-refractivity contribution is -0.192. The molecule has 2 atom stereocenters. The van der Waals surface area contributed by atoms with Crippen LogP contribution in [0.25, 0.3) is 0 Å². The first-order valence-electron chi connectivity index (χ1n) is 11.9. The van der Waals surface area contributed by atoms with Gasteiger partial charge in [-0.15, -0.1) is 0 Å². The van der Waals surface area contributed by atoms with Crippen molar-refractivity contribution in [3.05, 3.63) is 0 Å². The van der Waals surface area contributed by atoms with E-state index >= 15 is 0 Å². The molecule has 1 unspecified atom stereocenters. The summed E-state index contributed by atoms with van der Waals surface area (Å²) in [5.74, 6) is -3.93. The number of halogens is 3. The topological polar surface area (TPSA) is 183 Å². The molecule has 2 heterocycles. The van der Waals surface area contributed by atoms with Gasteiger partial charge in [-0.05, 0) is 51.1 Å². The van der Waals surface area contributed by atoms with Crippen molar-refractivity contribution in [2.24, 2.45) is 11.1 Å². The Balaban J connectivity index is 0.000000856. The van der Waals surface area contributed by atoms with Crippen molar-refractivity contribution in [3.63, 3.8) is 0 Å². The van der Waals surface area contributed by atoms with E-state index in [1.54, 1.807) is 0 Å². The van der Waals surface area contributed by atoms with Crippen molar-refractivity contribution < 1.29 is 51.0 Å². The third-order valence-corrected chi connectivity index (χ3v) is 7.11. The predicted octanol–water partition coefficient (Wildman–Crippen LogP) is 1.22. The van der Waals surface area contributed by atoms with Gasteiger partial charge in [-0.1, -0.05) is 18.5 Å². The molecule has 2 aliphatic heterocycles. The minimum Gasteiger partial charge on any atom is -0.480 e. The van der Waals surface area contributed by atoms with Crippen LogP contribution in [0.3, 0.4) is 0 Å². The third-order valence-electron chi connectivity index (χ3n) is 5.64. The third kappa shape index (κ3) is 14.2. The molecule has 2 rings (SSSR count). The highest BCUT2D eigenvalue weighted by molar-refractivity contribution is 7.89. The molecule has 5 N–H and O–H groups in total. The van der Waals surface area contributed by atoms with E-state index < -0.39 is 40.1 Å². The molecular formula is C21H35F3N4O8S. The summed E-state index contributed by atoms with van der Waals surface area (Å²) in [4.78, 5) is 37.7. The van der Waals surface area contributed by atoms with Gasteiger partial charge in [0.15, 0.2) is 0 Å². The minimum absolute atomic E-state index is 0.0509. The Morgan fingerprint density at radius 1 is 1.22 bits per heavy atom. The molecule has 0 aromatic carbocycles. The van der Waals surface area contributed by atoms with Crippen LogP contribution in [0.1, 0.15) is 58.3 Å². The highest BCUT2D eigenvalue weighted by atomic mass is 32.2. The average Bonchev–Trinajstić information content (AvgIpc) is 3.26. The summed E-state index contributed by atoms with van der Waals surface area (Å²) in [6, 6.07) is -1.41. The molecule has 0 radical (unpaired) electrons. The Hall–Kier alpha value is -2.46. The van der Waals surface area contributed by atoms with Crippen LogP contribution in [0, 0.1) is 5.92 Å². The number of nitrogens with zero attached hydrogens (tertiary/aromatic N) is 1. The first kappa shape index (κ1) is 32.6. The van der Waals surface area contributed by atoms with Gasteiger partial charge in [-0.25, -0.2) is 13.2 Å². The van der Waals surface area contributed by atoms with Gasteiger partial charge in [0.25, 0.3) is 0 Å². The second-order valence-electron chi connectivity index (χ2n) is 8.81. The molecule has 1 fully saturated rings. The van der Waals surface area contributed by atoms with Crippen LogP contribution in [0.5, 0.6) is 0 Å². The number of piperidine rings is 1. The SMILES string of the molecule is CCCCS(=O)(=O)N[C@@H](CNC(=O)CC1CC(CCC2CCNCC2)=NO1)C(=O)O.O=C(O)C(F)(F)F. The zero-order chi connectivity index (χ0) is 28.1. The Morgan fingerprint density at radius 3 is 2.38 bits per heavy atom. The van der Waals surface area contributed by atoms with E-state index in [-0.39, 0.29) is 24.8 Å². The summed E-state index contributed by atoms with van der Waals surface area (Å²) in [6.07, 6.45) is 0.591. The van der Waals surface area contributed by atoms with Crippen molar-refractivity contribution in [1.82, 2.24) is 15.4 Å². The lowest BCUT2D eigenvalue weighted by atomic mass is 9.91. The normalized spacial score (nSPS) is 19.1. The van der Waals surface area contributed by atoms with E-state index in [9.17, 15) is 36.3 Å². The highest BCUT2D eigenvalue weighted by Crippen LogP contribution is 2.22. The molecular weight excluding hydrogens is 525 g/mol. The number of unbranched alkanes of at least 4 members (excludes halogenated alkanes) is 1. The summed E-state index contributed by atoms with van der Waals surface area (Å²) in [5, 5.41) is 26.3. The number of oxime groups is 1. The molecule has 37 heavy (non-hydrogen) atoms. The van der Waals surface area contributed by atoms with Crippen LogP contribution in [-0.4, -0.2) is 85.9 Å². The maximum Gasteiger partial charge on any atom is 0.490 e. The van der Waals surface area contributed by atoms with E-state index in [1.807, 2.05) is 6.92 Å². The van der Waals surface area contributed by atoms with Crippen LogP contribution >= 0.6 is 0 Å². The van der Waals surface area contributed by atoms with Crippen molar-refractivity contribution in [1.29, 1.82) is 0 Å². The standard InChI is InChI=1S/C19H34N4O6S.C2HF3O2/c1-2-3-10-30(27,28)23-17(19(25)26)13-21-18(24)12-16-11-15(22-29-16)5-4-14-6-8-20-9-7-14;3-2(4,5)1(6)7/h14,16-17,20,23H,2-13H2,1H3,(H,21,24)(H,25,26);(H,6,7)/t16?,17-;/m0./s1. The molecule has 12 nitrogen and oxygen atoms in total. The van der Waals surface area contributed by atoms with Crippen molar-refractivity contribution in [2.75, 3.05) is 25.4 Å². The van der Waals surface area contributed by atoms with Crippen molar-refractivity contribution in [2.45, 2.75) is 76.6 Å². The van der Waals surface area contributed by atoms with E-state index in [1.165, 1.54) is 12.8 Å². The number of sulfonamides is 1. The Labute approximate surface area is 213 Å². The molecule has 0 aromatic rings. The molecule has 1 amide bonds. The lowest BCUT2D eigenvalue weighted by Gasteiger charge is -2.22. The molecule has 0 bridgehead atoms. The average molecular weight is 561 g/mol. The molecule has 0 aromatic heterocycles. The van der Waals surface area contributed by atoms with Gasteiger partial charge < -0.3 is 25.7 Å². The minimum atomic E-state index is -5.08. The zero-order valence-corrected chi connectivity index (χ0v) is 21.4. The number of carbonyl (C=O) groups is 3. The summed E-state index contributed by atoms with van der Waals surface area (Å²) < 4.78 is 57.7. The van der Waals surface area contributed by atoms with E-state index in [0.29, 0.717) is 25.2 Å². The number of rotatable bonds is 13. The van der Waals surface area contributed by atoms with Gasteiger partial charge in [0, 0.05) is 13.0 Å². The number of amides is 1. The number of carboxylic acids is 2. The van der Waals surface area contributed by atoms with Gasteiger partial charge in [0.1, 0.15) is 12.1 Å². The van der Waals surface area contributed by atoms with Crippen LogP contribution in [0.2, 0.25) is 0 Å². The molecule has 2 aliphatic rings. The molecule has 0 aliphatic carbocycles. The number of carboxylic acid groups (broad SMARTS) is 2. The van der Waals surface area contributed by atoms with Crippen LogP contribution in [0.4, 0.5) is 13.2 Å². The van der Waals surface area contributed by atoms with Gasteiger partial charge in [0.2, 0.25) is 15.9 Å². The number of hydrogen-bond donors (Lipinski definition) is 5. The Kier molecular flexibility index (Phi) is 13.8. The summed E-state index contributed by atoms with van der Waals surface area (Å²) in [5.41, 5.74) is 0.957. The largest absolute Gasteiger partial charge is 0.490 e. The van der Waals surface area contributed by atoms with E-state index in [4.69, 9.17) is 14.7 Å². The number of carbonyl (C=O) groups excluding carboxylic acids is 1. The first-order valence-corrected chi connectivity index (χ1v) is 13.6. The number of aliphatic carboxylic acids is 2. The fourth-order valence-electron chi connectivity index (χ4n) is 3.57. The second kappa shape index (κ2) is 15.7. The highest BCUT2D eigenvalue weighted by Gasteiger charge is 2.38. The van der Waals surface area contributed by atoms with Gasteiger partial charge in [-0.2, -0.15) is 17.9 Å². The summed E-state index contributed by atoms with van der Waals surface area (Å²) >= 11 is 0. The molecule has 214 valence electrons. The lowest BCUT2D eigenvalue weighted by Crippen LogP contribution is -2.49. The number of nitrogens with one attached hydrogen (secondary N) is 3. The smallest absolute Gasteiger partial charge is 0.480 e. The van der Waals surface area contributed by atoms with Crippen LogP contribution < -0.4 is 15.4 Å². The van der Waals surface area contributed by atoms with Crippen molar-refractivity contribution >= 4 is 33.6 Å². The summed E-state index contributed by atoms with van der Waals surface area (Å²) in [7, 11) is -3.71. The second-order valence-corrected chi connectivity index (χ2v) is 10.7. The predicted molar refractivity (Wildman–Crippen MR) is 126 cm³/mol. The van der Waals surface area contributed by atoms with Crippen LogP contribution in [0.15, 0.2) is 5.16 Å². The Bertz CT molecular complexity index is 893. The maximum absolute atomic E-state index is 12.2. The quantitative estimate of drug-likeness (QED) is 0.221. The van der Waals surface area contributed by atoms with E-state index in [2.05, 4.69) is 20.5 Å². The van der Waals surface area contributed by atoms with Gasteiger partial charge in [-0.3, -0.25) is 9.59 Å². The fraction of sp³-hybridized carbons (Fsp3) is 0.810. The molecule has 1 saturated heterocycles. The Morgan fingerprint density at radius 2 is 1.84 bits per heavy atom.